The first-order chi connectivity index (χ1) is 15.1. The smallest absolute Gasteiger partial charge is 0.232 e. The largest absolute Gasteiger partial charge is 0.497 e. The minimum atomic E-state index is -0.187. The van der Waals surface area contributed by atoms with Crippen LogP contribution in [0.3, 0.4) is 0 Å². The summed E-state index contributed by atoms with van der Waals surface area (Å²) in [7, 11) is 3.16. The number of benzene rings is 2. The van der Waals surface area contributed by atoms with Crippen molar-refractivity contribution in [3.05, 3.63) is 48.4 Å². The third kappa shape index (κ3) is 4.33. The normalized spacial score (nSPS) is 15.9. The molecule has 162 valence electrons. The number of hydrogen-bond donors (Lipinski definition) is 0. The monoisotopic (exact) mass is 423 g/mol. The third-order valence-corrected chi connectivity index (χ3v) is 5.18. The Bertz CT molecular complexity index is 1050. The summed E-state index contributed by atoms with van der Waals surface area (Å²) < 4.78 is 21.8. The van der Waals surface area contributed by atoms with E-state index >= 15 is 0 Å². The van der Waals surface area contributed by atoms with Gasteiger partial charge in [0.25, 0.3) is 0 Å². The lowest BCUT2D eigenvalue weighted by Crippen LogP contribution is -2.24. The topological polar surface area (TPSA) is 86.9 Å². The molecule has 1 aliphatic rings. The molecule has 8 nitrogen and oxygen atoms in total. The highest BCUT2D eigenvalue weighted by Gasteiger charge is 2.36. The minimum absolute atomic E-state index is 0.0226. The molecule has 8 heteroatoms. The average molecular weight is 423 g/mol. The second-order valence-corrected chi connectivity index (χ2v) is 7.27. The molecule has 31 heavy (non-hydrogen) atoms. The van der Waals surface area contributed by atoms with Gasteiger partial charge in [0.15, 0.2) is 0 Å². The van der Waals surface area contributed by atoms with Crippen molar-refractivity contribution in [2.45, 2.75) is 25.7 Å². The Balaban J connectivity index is 1.50. The van der Waals surface area contributed by atoms with E-state index in [-0.39, 0.29) is 11.8 Å². The molecule has 1 unspecified atom stereocenters. The van der Waals surface area contributed by atoms with Crippen LogP contribution in [0, 0.1) is 0 Å². The molecule has 1 amide bonds. The summed E-state index contributed by atoms with van der Waals surface area (Å²) >= 11 is 0. The fourth-order valence-corrected chi connectivity index (χ4v) is 3.55. The number of aromatic nitrogens is 2. The number of hydrogen-bond acceptors (Lipinski definition) is 7. The van der Waals surface area contributed by atoms with E-state index in [0.717, 1.165) is 17.7 Å². The van der Waals surface area contributed by atoms with Gasteiger partial charge in [-0.3, -0.25) is 4.79 Å². The predicted octanol–water partition coefficient (Wildman–Crippen LogP) is 4.06. The lowest BCUT2D eigenvalue weighted by Gasteiger charge is -2.19. The van der Waals surface area contributed by atoms with Gasteiger partial charge in [-0.25, -0.2) is 0 Å². The number of carbonyl (C=O) groups excluding carboxylic acids is 1. The Morgan fingerprint density at radius 1 is 1.10 bits per heavy atom. The molecule has 1 saturated heterocycles. The molecule has 0 radical (unpaired) electrons. The molecular formula is C23H25N3O5. The van der Waals surface area contributed by atoms with Gasteiger partial charge in [0.05, 0.1) is 32.4 Å². The lowest BCUT2D eigenvalue weighted by atomic mass is 10.1. The molecule has 4 rings (SSSR count). The van der Waals surface area contributed by atoms with Crippen LogP contribution in [-0.2, 0) is 4.79 Å². The summed E-state index contributed by atoms with van der Waals surface area (Å²) in [4.78, 5) is 18.9. The van der Waals surface area contributed by atoms with Crippen molar-refractivity contribution in [1.82, 2.24) is 10.1 Å². The van der Waals surface area contributed by atoms with Crippen LogP contribution in [0.25, 0.3) is 11.4 Å². The predicted molar refractivity (Wildman–Crippen MR) is 115 cm³/mol. The van der Waals surface area contributed by atoms with E-state index in [0.29, 0.717) is 48.5 Å². The molecule has 1 aromatic heterocycles. The van der Waals surface area contributed by atoms with Crippen LogP contribution in [0.15, 0.2) is 47.0 Å². The Labute approximate surface area is 180 Å². The molecular weight excluding hydrogens is 398 g/mol. The Hall–Kier alpha value is -3.55. The molecule has 0 spiro atoms. The second kappa shape index (κ2) is 9.07. The van der Waals surface area contributed by atoms with E-state index < -0.39 is 0 Å². The Morgan fingerprint density at radius 2 is 1.87 bits per heavy atom. The van der Waals surface area contributed by atoms with Crippen molar-refractivity contribution in [3.63, 3.8) is 0 Å². The first-order valence-corrected chi connectivity index (χ1v) is 10.2. The number of nitrogens with zero attached hydrogens (tertiary/aromatic N) is 3. The molecule has 1 atom stereocenters. The summed E-state index contributed by atoms with van der Waals surface area (Å²) in [6, 6.07) is 12.9. The highest BCUT2D eigenvalue weighted by Crippen LogP contribution is 2.38. The van der Waals surface area contributed by atoms with E-state index in [1.54, 1.807) is 31.3 Å². The number of ether oxygens (including phenoxy) is 3. The molecule has 1 fully saturated rings. The van der Waals surface area contributed by atoms with Crippen LogP contribution in [0.1, 0.15) is 31.6 Å². The van der Waals surface area contributed by atoms with Crippen LogP contribution in [0.2, 0.25) is 0 Å². The van der Waals surface area contributed by atoms with Gasteiger partial charge in [-0.1, -0.05) is 12.1 Å². The SMILES string of the molecule is CCCOc1ccc(-c2noc(C3CC(=O)N(c4ccc(OC)cc4OC)C3)n2)cc1. The van der Waals surface area contributed by atoms with Gasteiger partial charge >= 0.3 is 0 Å². The van der Waals surface area contributed by atoms with Crippen molar-refractivity contribution >= 4 is 11.6 Å². The molecule has 3 aromatic rings. The van der Waals surface area contributed by atoms with Crippen molar-refractivity contribution in [3.8, 4) is 28.6 Å². The molecule has 0 saturated carbocycles. The maximum atomic E-state index is 12.7. The van der Waals surface area contributed by atoms with E-state index in [1.807, 2.05) is 30.3 Å². The van der Waals surface area contributed by atoms with Crippen molar-refractivity contribution < 1.29 is 23.5 Å². The van der Waals surface area contributed by atoms with Crippen molar-refractivity contribution in [2.75, 3.05) is 32.3 Å². The second-order valence-electron chi connectivity index (χ2n) is 7.27. The zero-order chi connectivity index (χ0) is 21.8. The van der Waals surface area contributed by atoms with Gasteiger partial charge in [0, 0.05) is 24.6 Å². The maximum absolute atomic E-state index is 12.7. The first kappa shape index (κ1) is 20.7. The number of carbonyl (C=O) groups is 1. The fourth-order valence-electron chi connectivity index (χ4n) is 3.55. The standard InChI is InChI=1S/C23H25N3O5/c1-4-11-30-17-7-5-15(6-8-17)22-24-23(31-25-22)16-12-21(27)26(14-16)19-10-9-18(28-2)13-20(19)29-3/h5-10,13,16H,4,11-12,14H2,1-3H3. The van der Waals surface area contributed by atoms with Gasteiger partial charge in [-0.15, -0.1) is 0 Å². The van der Waals surface area contributed by atoms with E-state index in [4.69, 9.17) is 18.7 Å². The molecule has 1 aliphatic heterocycles. The van der Waals surface area contributed by atoms with Crippen molar-refractivity contribution in [2.24, 2.45) is 0 Å². The van der Waals surface area contributed by atoms with Crippen LogP contribution in [0.5, 0.6) is 17.2 Å². The van der Waals surface area contributed by atoms with Crippen LogP contribution >= 0.6 is 0 Å². The van der Waals surface area contributed by atoms with Gasteiger partial charge in [0.2, 0.25) is 17.6 Å². The van der Waals surface area contributed by atoms with Crippen LogP contribution in [0.4, 0.5) is 5.69 Å². The minimum Gasteiger partial charge on any atom is -0.497 e. The summed E-state index contributed by atoms with van der Waals surface area (Å²) in [5, 5.41) is 4.10. The van der Waals surface area contributed by atoms with Crippen molar-refractivity contribution in [1.29, 1.82) is 0 Å². The summed E-state index contributed by atoms with van der Waals surface area (Å²) in [6.45, 7) is 3.18. The quantitative estimate of drug-likeness (QED) is 0.540. The summed E-state index contributed by atoms with van der Waals surface area (Å²) in [5.41, 5.74) is 1.52. The highest BCUT2D eigenvalue weighted by molar-refractivity contribution is 5.97. The number of amides is 1. The zero-order valence-electron chi connectivity index (χ0n) is 17.8. The Morgan fingerprint density at radius 3 is 2.58 bits per heavy atom. The zero-order valence-corrected chi connectivity index (χ0v) is 17.8. The number of methoxy groups -OCH3 is 2. The number of rotatable bonds is 8. The molecule has 0 N–H and O–H groups in total. The molecule has 0 aliphatic carbocycles. The van der Waals surface area contributed by atoms with Crippen LogP contribution < -0.4 is 19.1 Å². The fraction of sp³-hybridized carbons (Fsp3) is 0.348. The van der Waals surface area contributed by atoms with E-state index in [2.05, 4.69) is 17.1 Å². The van der Waals surface area contributed by atoms with Gasteiger partial charge < -0.3 is 23.6 Å². The van der Waals surface area contributed by atoms with E-state index in [1.165, 1.54) is 0 Å². The summed E-state index contributed by atoms with van der Waals surface area (Å²) in [5.74, 6) is 2.77. The van der Waals surface area contributed by atoms with Gasteiger partial charge in [-0.2, -0.15) is 4.98 Å². The number of anilines is 1. The highest BCUT2D eigenvalue weighted by atomic mass is 16.5. The maximum Gasteiger partial charge on any atom is 0.232 e. The molecule has 0 bridgehead atoms. The van der Waals surface area contributed by atoms with E-state index in [9.17, 15) is 4.79 Å². The Kier molecular flexibility index (Phi) is 6.06. The average Bonchev–Trinajstić information content (AvgIpc) is 3.44. The van der Waals surface area contributed by atoms with Crippen LogP contribution in [-0.4, -0.2) is 43.4 Å². The lowest BCUT2D eigenvalue weighted by molar-refractivity contribution is -0.117. The summed E-state index contributed by atoms with van der Waals surface area (Å²) in [6.07, 6.45) is 1.25. The molecule has 2 aromatic carbocycles. The molecule has 2 heterocycles. The van der Waals surface area contributed by atoms with Gasteiger partial charge in [-0.05, 0) is 42.8 Å². The van der Waals surface area contributed by atoms with Gasteiger partial charge in [0.1, 0.15) is 17.2 Å². The third-order valence-electron chi connectivity index (χ3n) is 5.18. The first-order valence-electron chi connectivity index (χ1n) is 10.2.